The monoisotopic (exact) mass is 517 g/mol. The van der Waals surface area contributed by atoms with Crippen LogP contribution in [0.1, 0.15) is 26.5 Å². The Kier molecular flexibility index (Phi) is 7.26. The summed E-state index contributed by atoms with van der Waals surface area (Å²) in [5, 5.41) is 10.9. The van der Waals surface area contributed by atoms with Crippen molar-refractivity contribution in [1.82, 2.24) is 14.7 Å². The molecule has 0 aliphatic rings. The standard InChI is InChI=1S/C23H25BrClN5O2/c1-23(2,3)19-13-20(30(28-19)18-10-8-16(25)9-11-18)27-21(31)14-29(4)22(32)26-17-7-5-6-15(24)12-17/h5-13H,14H2,1-4H3,(H,26,32)(H,27,31). The number of benzene rings is 2. The fourth-order valence-electron chi connectivity index (χ4n) is 2.87. The van der Waals surface area contributed by atoms with Crippen molar-refractivity contribution < 1.29 is 9.59 Å². The summed E-state index contributed by atoms with van der Waals surface area (Å²) >= 11 is 9.38. The van der Waals surface area contributed by atoms with Crippen molar-refractivity contribution in [2.24, 2.45) is 0 Å². The summed E-state index contributed by atoms with van der Waals surface area (Å²) in [6, 6.07) is 15.9. The van der Waals surface area contributed by atoms with Gasteiger partial charge in [0, 0.05) is 33.7 Å². The van der Waals surface area contributed by atoms with Gasteiger partial charge in [-0.15, -0.1) is 0 Å². The summed E-state index contributed by atoms with van der Waals surface area (Å²) in [4.78, 5) is 26.5. The maximum atomic E-state index is 12.7. The van der Waals surface area contributed by atoms with Gasteiger partial charge in [0.1, 0.15) is 12.4 Å². The molecule has 0 aliphatic carbocycles. The smallest absolute Gasteiger partial charge is 0.318 e. The van der Waals surface area contributed by atoms with Crippen molar-refractivity contribution in [1.29, 1.82) is 0 Å². The second-order valence-corrected chi connectivity index (χ2v) is 9.75. The van der Waals surface area contributed by atoms with E-state index in [2.05, 4.69) is 31.7 Å². The summed E-state index contributed by atoms with van der Waals surface area (Å²) in [5.41, 5.74) is 2.01. The number of nitrogens with one attached hydrogen (secondary N) is 2. The summed E-state index contributed by atoms with van der Waals surface area (Å²) in [6.45, 7) is 6.02. The maximum Gasteiger partial charge on any atom is 0.322 e. The predicted molar refractivity (Wildman–Crippen MR) is 132 cm³/mol. The Labute approximate surface area is 200 Å². The number of amides is 3. The van der Waals surface area contributed by atoms with Gasteiger partial charge < -0.3 is 15.5 Å². The lowest BCUT2D eigenvalue weighted by molar-refractivity contribution is -0.116. The minimum atomic E-state index is -0.389. The third-order valence-electron chi connectivity index (χ3n) is 4.62. The minimum Gasteiger partial charge on any atom is -0.318 e. The van der Waals surface area contributed by atoms with E-state index >= 15 is 0 Å². The summed E-state index contributed by atoms with van der Waals surface area (Å²) < 4.78 is 2.51. The van der Waals surface area contributed by atoms with Gasteiger partial charge in [0.25, 0.3) is 0 Å². The first-order valence-electron chi connectivity index (χ1n) is 9.97. The lowest BCUT2D eigenvalue weighted by Crippen LogP contribution is -2.37. The molecule has 0 saturated carbocycles. The van der Waals surface area contributed by atoms with Crippen molar-refractivity contribution in [2.75, 3.05) is 24.2 Å². The van der Waals surface area contributed by atoms with E-state index in [4.69, 9.17) is 11.6 Å². The van der Waals surface area contributed by atoms with Crippen molar-refractivity contribution in [2.45, 2.75) is 26.2 Å². The van der Waals surface area contributed by atoms with Crippen molar-refractivity contribution >= 4 is 51.0 Å². The zero-order chi connectivity index (χ0) is 23.5. The molecule has 0 bridgehead atoms. The van der Waals surface area contributed by atoms with E-state index in [1.807, 2.05) is 51.1 Å². The number of likely N-dealkylation sites (N-methyl/N-ethyl adjacent to an activating group) is 1. The number of rotatable bonds is 5. The first-order valence-corrected chi connectivity index (χ1v) is 11.1. The SMILES string of the molecule is CN(CC(=O)Nc1cc(C(C)(C)C)nn1-c1ccc(Cl)cc1)C(=O)Nc1cccc(Br)c1. The van der Waals surface area contributed by atoms with Crippen LogP contribution in [0, 0.1) is 0 Å². The zero-order valence-electron chi connectivity index (χ0n) is 18.3. The molecule has 0 aliphatic heterocycles. The summed E-state index contributed by atoms with van der Waals surface area (Å²) in [6.07, 6.45) is 0. The van der Waals surface area contributed by atoms with Crippen LogP contribution in [-0.2, 0) is 10.2 Å². The number of anilines is 2. The van der Waals surface area contributed by atoms with Gasteiger partial charge in [-0.2, -0.15) is 5.10 Å². The molecule has 1 heterocycles. The number of hydrogen-bond acceptors (Lipinski definition) is 3. The first-order chi connectivity index (χ1) is 15.0. The topological polar surface area (TPSA) is 79.3 Å². The van der Waals surface area contributed by atoms with E-state index in [0.29, 0.717) is 16.5 Å². The lowest BCUT2D eigenvalue weighted by Gasteiger charge is -2.18. The fraction of sp³-hybridized carbons (Fsp3) is 0.261. The van der Waals surface area contributed by atoms with Gasteiger partial charge in [0.15, 0.2) is 0 Å². The third kappa shape index (κ3) is 6.11. The van der Waals surface area contributed by atoms with E-state index in [0.717, 1.165) is 15.9 Å². The molecule has 3 aromatic rings. The highest BCUT2D eigenvalue weighted by Crippen LogP contribution is 2.27. The molecule has 0 atom stereocenters. The average molecular weight is 519 g/mol. The average Bonchev–Trinajstić information content (AvgIpc) is 3.12. The lowest BCUT2D eigenvalue weighted by atomic mass is 9.92. The molecule has 0 saturated heterocycles. The van der Waals surface area contributed by atoms with Crippen LogP contribution in [0.4, 0.5) is 16.3 Å². The van der Waals surface area contributed by atoms with E-state index in [1.165, 1.54) is 4.90 Å². The number of carbonyl (C=O) groups excluding carboxylic acids is 2. The zero-order valence-corrected chi connectivity index (χ0v) is 20.7. The summed E-state index contributed by atoms with van der Waals surface area (Å²) in [7, 11) is 1.56. The highest BCUT2D eigenvalue weighted by atomic mass is 79.9. The van der Waals surface area contributed by atoms with Crippen LogP contribution in [0.3, 0.4) is 0 Å². The van der Waals surface area contributed by atoms with E-state index in [1.54, 1.807) is 36.0 Å². The molecule has 2 N–H and O–H groups in total. The second kappa shape index (κ2) is 9.75. The number of nitrogens with zero attached hydrogens (tertiary/aromatic N) is 3. The molecular formula is C23H25BrClN5O2. The molecule has 7 nitrogen and oxygen atoms in total. The van der Waals surface area contributed by atoms with Gasteiger partial charge in [0.05, 0.1) is 11.4 Å². The van der Waals surface area contributed by atoms with E-state index in [-0.39, 0.29) is 23.9 Å². The Morgan fingerprint density at radius 2 is 1.78 bits per heavy atom. The van der Waals surface area contributed by atoms with Gasteiger partial charge in [-0.25, -0.2) is 9.48 Å². The van der Waals surface area contributed by atoms with Crippen LogP contribution < -0.4 is 10.6 Å². The largest absolute Gasteiger partial charge is 0.322 e. The molecule has 32 heavy (non-hydrogen) atoms. The Morgan fingerprint density at radius 1 is 1.09 bits per heavy atom. The normalized spacial score (nSPS) is 11.2. The number of halogens is 2. The molecule has 9 heteroatoms. The third-order valence-corrected chi connectivity index (χ3v) is 5.37. The molecule has 1 aromatic heterocycles. The van der Waals surface area contributed by atoms with Gasteiger partial charge in [0.2, 0.25) is 5.91 Å². The van der Waals surface area contributed by atoms with Crippen LogP contribution in [-0.4, -0.2) is 40.2 Å². The Morgan fingerprint density at radius 3 is 2.41 bits per heavy atom. The molecule has 0 fully saturated rings. The van der Waals surface area contributed by atoms with Crippen molar-refractivity contribution in [3.63, 3.8) is 0 Å². The van der Waals surface area contributed by atoms with Gasteiger partial charge >= 0.3 is 6.03 Å². The quantitative estimate of drug-likeness (QED) is 0.455. The maximum absolute atomic E-state index is 12.7. The van der Waals surface area contributed by atoms with Crippen LogP contribution in [0.5, 0.6) is 0 Å². The van der Waals surface area contributed by atoms with Crippen molar-refractivity contribution in [3.05, 3.63) is 69.8 Å². The van der Waals surface area contributed by atoms with E-state index in [9.17, 15) is 9.59 Å². The number of aromatic nitrogens is 2. The Bertz CT molecular complexity index is 1120. The molecular weight excluding hydrogens is 494 g/mol. The highest BCUT2D eigenvalue weighted by molar-refractivity contribution is 9.10. The number of carbonyl (C=O) groups is 2. The minimum absolute atomic E-state index is 0.128. The molecule has 3 amide bonds. The van der Waals surface area contributed by atoms with Crippen LogP contribution in [0.25, 0.3) is 5.69 Å². The molecule has 0 radical (unpaired) electrons. The van der Waals surface area contributed by atoms with Gasteiger partial charge in [-0.05, 0) is 42.5 Å². The van der Waals surface area contributed by atoms with Crippen LogP contribution in [0.15, 0.2) is 59.1 Å². The second-order valence-electron chi connectivity index (χ2n) is 8.40. The van der Waals surface area contributed by atoms with E-state index < -0.39 is 0 Å². The van der Waals surface area contributed by atoms with Crippen molar-refractivity contribution in [3.8, 4) is 5.69 Å². The Balaban J connectivity index is 1.74. The molecule has 0 unspecified atom stereocenters. The number of urea groups is 1. The van der Waals surface area contributed by atoms with Gasteiger partial charge in [-0.1, -0.05) is 54.4 Å². The van der Waals surface area contributed by atoms with Gasteiger partial charge in [-0.3, -0.25) is 4.79 Å². The summed E-state index contributed by atoms with van der Waals surface area (Å²) in [5.74, 6) is 0.176. The fourth-order valence-corrected chi connectivity index (χ4v) is 3.40. The van der Waals surface area contributed by atoms with Crippen LogP contribution >= 0.6 is 27.5 Å². The molecule has 0 spiro atoms. The molecule has 168 valence electrons. The molecule has 3 rings (SSSR count). The molecule has 2 aromatic carbocycles. The number of hydrogen-bond donors (Lipinski definition) is 2. The predicted octanol–water partition coefficient (Wildman–Crippen LogP) is 5.69. The Hall–Kier alpha value is -2.84. The highest BCUT2D eigenvalue weighted by Gasteiger charge is 2.22. The van der Waals surface area contributed by atoms with Crippen LogP contribution in [0.2, 0.25) is 5.02 Å². The first kappa shape index (κ1) is 23.8.